The van der Waals surface area contributed by atoms with Crippen LogP contribution in [0.15, 0.2) is 30.6 Å². The van der Waals surface area contributed by atoms with E-state index in [0.29, 0.717) is 24.7 Å². The molecular formula is C16H17F2N3O2. The number of hydrogen-bond acceptors (Lipinski definition) is 5. The maximum Gasteiger partial charge on any atom is 0.234 e. The highest BCUT2D eigenvalue weighted by Crippen LogP contribution is 2.37. The first-order chi connectivity index (χ1) is 11.1. The molecular weight excluding hydrogens is 304 g/mol. The van der Waals surface area contributed by atoms with Crippen LogP contribution in [0.25, 0.3) is 0 Å². The van der Waals surface area contributed by atoms with E-state index in [2.05, 4.69) is 9.97 Å². The van der Waals surface area contributed by atoms with Gasteiger partial charge in [0, 0.05) is 12.1 Å². The van der Waals surface area contributed by atoms with Crippen molar-refractivity contribution in [3.8, 4) is 5.88 Å². The molecule has 1 aliphatic rings. The van der Waals surface area contributed by atoms with E-state index in [1.54, 1.807) is 4.90 Å². The van der Waals surface area contributed by atoms with Gasteiger partial charge in [0.1, 0.15) is 11.6 Å². The standard InChI is InChI=1S/C16H17F2N3O2/c1-2-23-16-8-19-7-15(20-16)21-9-11(22)6-14(21)12-5-10(17)3-4-13(12)18/h3-5,7-8,11,14,22H,2,6,9H2,1H3/t11-,14+/m0/s1. The van der Waals surface area contributed by atoms with E-state index in [1.807, 2.05) is 6.92 Å². The van der Waals surface area contributed by atoms with E-state index in [0.717, 1.165) is 18.2 Å². The minimum absolute atomic E-state index is 0.199. The Kier molecular flexibility index (Phi) is 4.38. The minimum atomic E-state index is -0.653. The zero-order valence-electron chi connectivity index (χ0n) is 12.6. The van der Waals surface area contributed by atoms with Gasteiger partial charge < -0.3 is 14.7 Å². The third-order valence-electron chi connectivity index (χ3n) is 3.78. The molecule has 1 aliphatic heterocycles. The summed E-state index contributed by atoms with van der Waals surface area (Å²) in [5, 5.41) is 9.99. The van der Waals surface area contributed by atoms with E-state index in [1.165, 1.54) is 12.4 Å². The molecule has 0 spiro atoms. The summed E-state index contributed by atoms with van der Waals surface area (Å²) in [6.45, 7) is 2.55. The van der Waals surface area contributed by atoms with Gasteiger partial charge in [0.05, 0.1) is 31.1 Å². The van der Waals surface area contributed by atoms with Gasteiger partial charge in [-0.1, -0.05) is 0 Å². The predicted octanol–water partition coefficient (Wildman–Crippen LogP) is 2.47. The van der Waals surface area contributed by atoms with Gasteiger partial charge in [-0.15, -0.1) is 0 Å². The van der Waals surface area contributed by atoms with Crippen molar-refractivity contribution in [1.82, 2.24) is 9.97 Å². The van der Waals surface area contributed by atoms with Crippen LogP contribution in [0.1, 0.15) is 24.9 Å². The molecule has 23 heavy (non-hydrogen) atoms. The Bertz CT molecular complexity index is 699. The number of anilines is 1. The third-order valence-corrected chi connectivity index (χ3v) is 3.78. The highest BCUT2D eigenvalue weighted by molar-refractivity contribution is 5.44. The quantitative estimate of drug-likeness (QED) is 0.937. The Labute approximate surface area is 132 Å². The number of benzene rings is 1. The number of nitrogens with zero attached hydrogens (tertiary/aromatic N) is 3. The van der Waals surface area contributed by atoms with Gasteiger partial charge in [0.2, 0.25) is 5.88 Å². The number of β-amino-alcohol motifs (C(OH)–C–C–N with tert-alkyl or cyclic N) is 1. The highest BCUT2D eigenvalue weighted by Gasteiger charge is 2.35. The first-order valence-electron chi connectivity index (χ1n) is 7.43. The van der Waals surface area contributed by atoms with Crippen molar-refractivity contribution in [2.24, 2.45) is 0 Å². The molecule has 2 aromatic rings. The lowest BCUT2D eigenvalue weighted by Gasteiger charge is -2.26. The number of aliphatic hydroxyl groups is 1. The monoisotopic (exact) mass is 321 g/mol. The molecule has 5 nitrogen and oxygen atoms in total. The molecule has 1 N–H and O–H groups in total. The fraction of sp³-hybridized carbons (Fsp3) is 0.375. The number of halogens is 2. The lowest BCUT2D eigenvalue weighted by Crippen LogP contribution is -2.26. The zero-order valence-corrected chi connectivity index (χ0v) is 12.6. The van der Waals surface area contributed by atoms with E-state index < -0.39 is 23.8 Å². The van der Waals surface area contributed by atoms with Crippen LogP contribution in [0.3, 0.4) is 0 Å². The lowest BCUT2D eigenvalue weighted by molar-refractivity contribution is 0.194. The van der Waals surface area contributed by atoms with Crippen molar-refractivity contribution in [2.75, 3.05) is 18.1 Å². The van der Waals surface area contributed by atoms with Gasteiger partial charge in [-0.2, -0.15) is 4.98 Å². The van der Waals surface area contributed by atoms with Crippen LogP contribution in [0.2, 0.25) is 0 Å². The average molecular weight is 321 g/mol. The smallest absolute Gasteiger partial charge is 0.234 e. The third kappa shape index (κ3) is 3.24. The van der Waals surface area contributed by atoms with Crippen molar-refractivity contribution in [2.45, 2.75) is 25.5 Å². The fourth-order valence-electron chi connectivity index (χ4n) is 2.83. The predicted molar refractivity (Wildman–Crippen MR) is 80.3 cm³/mol. The SMILES string of the molecule is CCOc1cncc(N2C[C@@H](O)C[C@@H]2c2cc(F)ccc2F)n1. The van der Waals surface area contributed by atoms with Crippen LogP contribution >= 0.6 is 0 Å². The van der Waals surface area contributed by atoms with E-state index >= 15 is 0 Å². The number of aromatic nitrogens is 2. The number of rotatable bonds is 4. The molecule has 2 atom stereocenters. The summed E-state index contributed by atoms with van der Waals surface area (Å²) in [7, 11) is 0. The Morgan fingerprint density at radius 2 is 2.17 bits per heavy atom. The van der Waals surface area contributed by atoms with Gasteiger partial charge in [-0.3, -0.25) is 4.98 Å². The molecule has 1 saturated heterocycles. The van der Waals surface area contributed by atoms with Crippen LogP contribution in [0.5, 0.6) is 5.88 Å². The second-order valence-corrected chi connectivity index (χ2v) is 5.37. The van der Waals surface area contributed by atoms with E-state index in [-0.39, 0.29) is 12.1 Å². The Morgan fingerprint density at radius 1 is 1.35 bits per heavy atom. The van der Waals surface area contributed by atoms with Crippen LogP contribution in [-0.4, -0.2) is 34.3 Å². The summed E-state index contributed by atoms with van der Waals surface area (Å²) in [6, 6.07) is 2.82. The number of hydrogen-bond donors (Lipinski definition) is 1. The molecule has 1 aromatic heterocycles. The molecule has 7 heteroatoms. The fourth-order valence-corrected chi connectivity index (χ4v) is 2.83. The Morgan fingerprint density at radius 3 is 2.96 bits per heavy atom. The van der Waals surface area contributed by atoms with Crippen LogP contribution in [-0.2, 0) is 0 Å². The van der Waals surface area contributed by atoms with Crippen molar-refractivity contribution in [3.63, 3.8) is 0 Å². The molecule has 0 saturated carbocycles. The number of aliphatic hydroxyl groups excluding tert-OH is 1. The maximum absolute atomic E-state index is 14.1. The van der Waals surface area contributed by atoms with Crippen LogP contribution in [0.4, 0.5) is 14.6 Å². The Hall–Kier alpha value is -2.28. The summed E-state index contributed by atoms with van der Waals surface area (Å²) in [5.41, 5.74) is 0.199. The van der Waals surface area contributed by atoms with E-state index in [9.17, 15) is 13.9 Å². The first kappa shape index (κ1) is 15.6. The first-order valence-corrected chi connectivity index (χ1v) is 7.43. The molecule has 0 amide bonds. The van der Waals surface area contributed by atoms with Gasteiger partial charge in [-0.05, 0) is 31.5 Å². The van der Waals surface area contributed by atoms with Crippen LogP contribution in [0, 0.1) is 11.6 Å². The summed E-state index contributed by atoms with van der Waals surface area (Å²) < 4.78 is 32.9. The van der Waals surface area contributed by atoms with Crippen molar-refractivity contribution in [3.05, 3.63) is 47.8 Å². The molecule has 122 valence electrons. The summed E-state index contributed by atoms with van der Waals surface area (Å²) >= 11 is 0. The second kappa shape index (κ2) is 6.45. The molecule has 3 rings (SSSR count). The summed E-state index contributed by atoms with van der Waals surface area (Å²) in [5.74, 6) is -0.215. The minimum Gasteiger partial charge on any atom is -0.477 e. The van der Waals surface area contributed by atoms with Crippen molar-refractivity contribution < 1.29 is 18.6 Å². The van der Waals surface area contributed by atoms with Gasteiger partial charge in [-0.25, -0.2) is 8.78 Å². The summed E-state index contributed by atoms with van der Waals surface area (Å²) in [6.07, 6.45) is 2.64. The molecule has 2 heterocycles. The van der Waals surface area contributed by atoms with Crippen molar-refractivity contribution >= 4 is 5.82 Å². The normalized spacial score (nSPS) is 20.8. The van der Waals surface area contributed by atoms with E-state index in [4.69, 9.17) is 4.74 Å². The largest absolute Gasteiger partial charge is 0.477 e. The molecule has 1 fully saturated rings. The second-order valence-electron chi connectivity index (χ2n) is 5.37. The maximum atomic E-state index is 14.1. The molecule has 0 bridgehead atoms. The molecule has 0 unspecified atom stereocenters. The van der Waals surface area contributed by atoms with Gasteiger partial charge in [0.25, 0.3) is 0 Å². The molecule has 1 aromatic carbocycles. The summed E-state index contributed by atoms with van der Waals surface area (Å²) in [4.78, 5) is 10.1. The average Bonchev–Trinajstić information content (AvgIpc) is 2.92. The van der Waals surface area contributed by atoms with Gasteiger partial charge >= 0.3 is 0 Å². The number of ether oxygens (including phenoxy) is 1. The zero-order chi connectivity index (χ0) is 16.4. The molecule has 0 aliphatic carbocycles. The Balaban J connectivity index is 1.96. The van der Waals surface area contributed by atoms with Gasteiger partial charge in [0.15, 0.2) is 5.82 Å². The molecule has 0 radical (unpaired) electrons. The topological polar surface area (TPSA) is 58.5 Å². The van der Waals surface area contributed by atoms with Crippen LogP contribution < -0.4 is 9.64 Å². The highest BCUT2D eigenvalue weighted by atomic mass is 19.1. The van der Waals surface area contributed by atoms with Crippen molar-refractivity contribution in [1.29, 1.82) is 0 Å². The lowest BCUT2D eigenvalue weighted by atomic mass is 10.0.